The third-order valence-electron chi connectivity index (χ3n) is 1.62. The summed E-state index contributed by atoms with van der Waals surface area (Å²) in [7, 11) is -2.81. The van der Waals surface area contributed by atoms with Crippen molar-refractivity contribution in [2.75, 3.05) is 18.1 Å². The van der Waals surface area contributed by atoms with Crippen molar-refractivity contribution >= 4 is 9.84 Å². The first-order valence-corrected chi connectivity index (χ1v) is 5.26. The van der Waals surface area contributed by atoms with E-state index in [1.54, 1.807) is 0 Å². The van der Waals surface area contributed by atoms with Gasteiger partial charge in [-0.2, -0.15) is 0 Å². The molecule has 1 atom stereocenters. The third kappa shape index (κ3) is 2.52. The van der Waals surface area contributed by atoms with Gasteiger partial charge in [-0.05, 0) is 6.42 Å². The van der Waals surface area contributed by atoms with Crippen LogP contribution in [0.4, 0.5) is 0 Å². The Hall–Kier alpha value is -0.530. The summed E-state index contributed by atoms with van der Waals surface area (Å²) >= 11 is 0. The Morgan fingerprint density at radius 2 is 2.27 bits per heavy atom. The van der Waals surface area contributed by atoms with Crippen molar-refractivity contribution in [2.24, 2.45) is 5.92 Å². The van der Waals surface area contributed by atoms with Crippen molar-refractivity contribution < 1.29 is 13.5 Å². The Balaban J connectivity index is 2.56. The first-order valence-electron chi connectivity index (χ1n) is 3.44. The molecule has 1 saturated heterocycles. The molecule has 0 amide bonds. The molecule has 11 heavy (non-hydrogen) atoms. The van der Waals surface area contributed by atoms with Gasteiger partial charge in [0.2, 0.25) is 0 Å². The van der Waals surface area contributed by atoms with Crippen molar-refractivity contribution in [3.05, 3.63) is 0 Å². The fourth-order valence-corrected chi connectivity index (χ4v) is 2.77. The van der Waals surface area contributed by atoms with Crippen molar-refractivity contribution in [2.45, 2.75) is 6.42 Å². The van der Waals surface area contributed by atoms with Crippen LogP contribution >= 0.6 is 0 Å². The maximum atomic E-state index is 10.9. The van der Waals surface area contributed by atoms with Gasteiger partial charge in [0.15, 0.2) is 9.84 Å². The Morgan fingerprint density at radius 3 is 2.73 bits per heavy atom. The van der Waals surface area contributed by atoms with E-state index >= 15 is 0 Å². The van der Waals surface area contributed by atoms with E-state index in [9.17, 15) is 8.42 Å². The van der Waals surface area contributed by atoms with Gasteiger partial charge in [0.05, 0.1) is 11.5 Å². The van der Waals surface area contributed by atoms with Crippen LogP contribution < -0.4 is 0 Å². The SMILES string of the molecule is O=S1(=O)CCC(C#CCO)C1. The van der Waals surface area contributed by atoms with Crippen LogP contribution in [0.25, 0.3) is 0 Å². The summed E-state index contributed by atoms with van der Waals surface area (Å²) in [4.78, 5) is 0. The zero-order valence-corrected chi connectivity index (χ0v) is 6.89. The summed E-state index contributed by atoms with van der Waals surface area (Å²) < 4.78 is 21.7. The van der Waals surface area contributed by atoms with Crippen molar-refractivity contribution in [1.29, 1.82) is 0 Å². The molecule has 0 saturated carbocycles. The minimum atomic E-state index is -2.81. The van der Waals surface area contributed by atoms with Crippen LogP contribution in [-0.2, 0) is 9.84 Å². The average molecular weight is 174 g/mol. The van der Waals surface area contributed by atoms with E-state index in [-0.39, 0.29) is 24.0 Å². The predicted octanol–water partition coefficient (Wildman–Crippen LogP) is -0.583. The summed E-state index contributed by atoms with van der Waals surface area (Å²) in [5, 5.41) is 8.33. The predicted molar refractivity (Wildman–Crippen MR) is 41.6 cm³/mol. The second-order valence-corrected chi connectivity index (χ2v) is 4.81. The molecule has 1 aliphatic rings. The van der Waals surface area contributed by atoms with Crippen LogP contribution in [0.3, 0.4) is 0 Å². The molecule has 4 heteroatoms. The third-order valence-corrected chi connectivity index (χ3v) is 3.39. The summed E-state index contributed by atoms with van der Waals surface area (Å²) in [5.74, 6) is 5.54. The van der Waals surface area contributed by atoms with E-state index in [4.69, 9.17) is 5.11 Å². The highest BCUT2D eigenvalue weighted by Crippen LogP contribution is 2.16. The summed E-state index contributed by atoms with van der Waals surface area (Å²) in [6, 6.07) is 0. The van der Waals surface area contributed by atoms with Gasteiger partial charge >= 0.3 is 0 Å². The Labute approximate surface area is 66.3 Å². The van der Waals surface area contributed by atoms with Gasteiger partial charge in [0.25, 0.3) is 0 Å². The summed E-state index contributed by atoms with van der Waals surface area (Å²) in [6.45, 7) is -0.184. The smallest absolute Gasteiger partial charge is 0.151 e. The van der Waals surface area contributed by atoms with Gasteiger partial charge in [0, 0.05) is 5.92 Å². The van der Waals surface area contributed by atoms with E-state index in [2.05, 4.69) is 11.8 Å². The fraction of sp³-hybridized carbons (Fsp3) is 0.714. The zero-order chi connectivity index (χ0) is 8.32. The number of hydrogen-bond donors (Lipinski definition) is 1. The van der Waals surface area contributed by atoms with Crippen LogP contribution in [0.5, 0.6) is 0 Å². The molecule has 0 aromatic heterocycles. The summed E-state index contributed by atoms with van der Waals surface area (Å²) in [5.41, 5.74) is 0. The zero-order valence-electron chi connectivity index (χ0n) is 6.08. The van der Waals surface area contributed by atoms with Gasteiger partial charge in [-0.15, -0.1) is 0 Å². The highest BCUT2D eigenvalue weighted by Gasteiger charge is 2.25. The molecule has 0 aromatic rings. The molecular weight excluding hydrogens is 164 g/mol. The fourth-order valence-electron chi connectivity index (χ4n) is 1.10. The van der Waals surface area contributed by atoms with Crippen molar-refractivity contribution in [1.82, 2.24) is 0 Å². The molecule has 1 heterocycles. The quantitative estimate of drug-likeness (QED) is 0.500. The van der Waals surface area contributed by atoms with Crippen molar-refractivity contribution in [3.8, 4) is 11.8 Å². The second-order valence-electron chi connectivity index (χ2n) is 2.58. The van der Waals surface area contributed by atoms with Gasteiger partial charge in [-0.1, -0.05) is 11.8 Å². The number of sulfone groups is 1. The van der Waals surface area contributed by atoms with Crippen LogP contribution in [0, 0.1) is 17.8 Å². The first-order chi connectivity index (χ1) is 5.14. The van der Waals surface area contributed by atoms with Crippen molar-refractivity contribution in [3.63, 3.8) is 0 Å². The van der Waals surface area contributed by atoms with E-state index in [1.165, 1.54) is 0 Å². The molecule has 0 bridgehead atoms. The van der Waals surface area contributed by atoms with E-state index in [0.717, 1.165) is 0 Å². The molecule has 3 nitrogen and oxygen atoms in total. The molecule has 1 aliphatic heterocycles. The topological polar surface area (TPSA) is 54.4 Å². The lowest BCUT2D eigenvalue weighted by Crippen LogP contribution is -2.03. The van der Waals surface area contributed by atoms with E-state index in [0.29, 0.717) is 6.42 Å². The van der Waals surface area contributed by atoms with Crippen LogP contribution in [0.2, 0.25) is 0 Å². The molecule has 0 aliphatic carbocycles. The lowest BCUT2D eigenvalue weighted by Gasteiger charge is -1.92. The normalized spacial score (nSPS) is 27.5. The van der Waals surface area contributed by atoms with E-state index in [1.807, 2.05) is 0 Å². The van der Waals surface area contributed by atoms with Gasteiger partial charge < -0.3 is 5.11 Å². The minimum Gasteiger partial charge on any atom is -0.384 e. The number of aliphatic hydroxyl groups excluding tert-OH is 1. The summed E-state index contributed by atoms with van der Waals surface area (Å²) in [6.07, 6.45) is 0.620. The second kappa shape index (κ2) is 3.24. The monoisotopic (exact) mass is 174 g/mol. The molecule has 0 spiro atoms. The number of hydrogen-bond acceptors (Lipinski definition) is 3. The Kier molecular flexibility index (Phi) is 2.53. The molecule has 1 rings (SSSR count). The molecule has 0 aromatic carbocycles. The highest BCUT2D eigenvalue weighted by molar-refractivity contribution is 7.91. The number of rotatable bonds is 0. The van der Waals surface area contributed by atoms with Crippen LogP contribution in [0.1, 0.15) is 6.42 Å². The highest BCUT2D eigenvalue weighted by atomic mass is 32.2. The van der Waals surface area contributed by atoms with Gasteiger partial charge in [0.1, 0.15) is 6.61 Å². The standard InChI is InChI=1S/C7H10O3S/c8-4-1-2-7-3-5-11(9,10)6-7/h7-8H,3-6H2. The molecule has 0 radical (unpaired) electrons. The van der Waals surface area contributed by atoms with Gasteiger partial charge in [-0.25, -0.2) is 8.42 Å². The number of aliphatic hydroxyl groups is 1. The molecular formula is C7H10O3S. The molecule has 1 N–H and O–H groups in total. The maximum Gasteiger partial charge on any atom is 0.151 e. The first kappa shape index (κ1) is 8.57. The van der Waals surface area contributed by atoms with E-state index < -0.39 is 9.84 Å². The molecule has 1 fully saturated rings. The Morgan fingerprint density at radius 1 is 1.55 bits per heavy atom. The van der Waals surface area contributed by atoms with Crippen LogP contribution in [0.15, 0.2) is 0 Å². The molecule has 62 valence electrons. The minimum absolute atomic E-state index is 0.0489. The lowest BCUT2D eigenvalue weighted by atomic mass is 10.1. The Bertz CT molecular complexity index is 281. The average Bonchev–Trinajstić information content (AvgIpc) is 2.26. The molecule has 1 unspecified atom stereocenters. The maximum absolute atomic E-state index is 10.9. The van der Waals surface area contributed by atoms with Gasteiger partial charge in [-0.3, -0.25) is 0 Å². The lowest BCUT2D eigenvalue weighted by molar-refractivity contribution is 0.350. The largest absolute Gasteiger partial charge is 0.384 e. The van der Waals surface area contributed by atoms with Crippen LogP contribution in [-0.4, -0.2) is 31.6 Å².